The van der Waals surface area contributed by atoms with Crippen LogP contribution in [0.1, 0.15) is 0 Å². The molecule has 0 unspecified atom stereocenters. The molecule has 2 aromatic rings. The Labute approximate surface area is 129 Å². The lowest BCUT2D eigenvalue weighted by Crippen LogP contribution is -1.97. The molecule has 1 aromatic heterocycles. The second kappa shape index (κ2) is 6.40. The molecule has 0 amide bonds. The Bertz CT molecular complexity index is 636. The van der Waals surface area contributed by atoms with E-state index in [9.17, 15) is 10.1 Å². The minimum Gasteiger partial charge on any atom is -0.495 e. The van der Waals surface area contributed by atoms with E-state index < -0.39 is 4.92 Å². The first-order valence-corrected chi connectivity index (χ1v) is 6.63. The molecule has 1 N–H and O–H groups in total. The Balaban J connectivity index is 2.28. The van der Waals surface area contributed by atoms with Gasteiger partial charge in [0.15, 0.2) is 0 Å². The van der Waals surface area contributed by atoms with E-state index in [1.165, 1.54) is 18.3 Å². The van der Waals surface area contributed by atoms with Crippen LogP contribution in [0.2, 0.25) is 0 Å². The molecule has 110 valence electrons. The fourth-order valence-electron chi connectivity index (χ4n) is 1.66. The average Bonchev–Trinajstić information content (AvgIpc) is 2.49. The molecular weight excluding hydrogens is 342 g/mol. The van der Waals surface area contributed by atoms with E-state index in [1.54, 1.807) is 26.4 Å². The molecule has 0 bridgehead atoms. The number of hydrogen-bond donors (Lipinski definition) is 1. The van der Waals surface area contributed by atoms with Crippen molar-refractivity contribution < 1.29 is 14.4 Å². The number of rotatable bonds is 5. The summed E-state index contributed by atoms with van der Waals surface area (Å²) in [5.74, 6) is 1.67. The topological polar surface area (TPSA) is 86.5 Å². The minimum absolute atomic E-state index is 0.0634. The van der Waals surface area contributed by atoms with Crippen molar-refractivity contribution >= 4 is 33.1 Å². The Morgan fingerprint density at radius 3 is 2.29 bits per heavy atom. The Kier molecular flexibility index (Phi) is 4.59. The summed E-state index contributed by atoms with van der Waals surface area (Å²) in [6.07, 6.45) is 1.19. The summed E-state index contributed by atoms with van der Waals surface area (Å²) in [6, 6.07) is 6.42. The van der Waals surface area contributed by atoms with Crippen LogP contribution in [-0.2, 0) is 0 Å². The number of hydrogen-bond acceptors (Lipinski definition) is 6. The maximum absolute atomic E-state index is 10.6. The van der Waals surface area contributed by atoms with Crippen LogP contribution in [0, 0.1) is 10.1 Å². The number of nitrogens with zero attached hydrogens (tertiary/aromatic N) is 2. The number of halogens is 1. The summed E-state index contributed by atoms with van der Waals surface area (Å²) < 4.78 is 11.2. The molecule has 1 heterocycles. The van der Waals surface area contributed by atoms with Gasteiger partial charge in [0.05, 0.1) is 19.1 Å². The molecule has 2 rings (SSSR count). The van der Waals surface area contributed by atoms with E-state index in [4.69, 9.17) is 9.47 Å². The quantitative estimate of drug-likeness (QED) is 0.653. The fraction of sp³-hybridized carbons (Fsp3) is 0.154. The van der Waals surface area contributed by atoms with Crippen LogP contribution < -0.4 is 14.8 Å². The number of aromatic nitrogens is 1. The summed E-state index contributed by atoms with van der Waals surface area (Å²) in [6.45, 7) is 0. The van der Waals surface area contributed by atoms with Gasteiger partial charge in [-0.15, -0.1) is 0 Å². The highest BCUT2D eigenvalue weighted by Crippen LogP contribution is 2.38. The van der Waals surface area contributed by atoms with Crippen molar-refractivity contribution in [1.82, 2.24) is 4.98 Å². The van der Waals surface area contributed by atoms with Crippen molar-refractivity contribution in [3.05, 3.63) is 45.0 Å². The number of ether oxygens (including phenoxy) is 2. The third-order valence-corrected chi connectivity index (χ3v) is 3.46. The number of nitro groups is 1. The summed E-state index contributed by atoms with van der Waals surface area (Å²) >= 11 is 3.38. The lowest BCUT2D eigenvalue weighted by Gasteiger charge is -2.12. The van der Waals surface area contributed by atoms with Crippen molar-refractivity contribution in [1.29, 1.82) is 0 Å². The summed E-state index contributed by atoms with van der Waals surface area (Å²) in [5, 5.41) is 13.6. The van der Waals surface area contributed by atoms with Crippen molar-refractivity contribution in [3.63, 3.8) is 0 Å². The van der Waals surface area contributed by atoms with Crippen molar-refractivity contribution in [2.75, 3.05) is 19.5 Å². The second-order valence-electron chi connectivity index (χ2n) is 3.98. The van der Waals surface area contributed by atoms with Crippen LogP contribution in [0.25, 0.3) is 0 Å². The van der Waals surface area contributed by atoms with Gasteiger partial charge in [0, 0.05) is 23.9 Å². The summed E-state index contributed by atoms with van der Waals surface area (Å²) in [7, 11) is 3.10. The summed E-state index contributed by atoms with van der Waals surface area (Å²) in [5.41, 5.74) is 0.625. The fourth-order valence-corrected chi connectivity index (χ4v) is 2.21. The normalized spacial score (nSPS) is 10.0. The Hall–Kier alpha value is -2.35. The van der Waals surface area contributed by atoms with Gasteiger partial charge in [-0.25, -0.2) is 4.98 Å². The maximum atomic E-state index is 10.6. The third-order valence-electron chi connectivity index (χ3n) is 2.68. The summed E-state index contributed by atoms with van der Waals surface area (Å²) in [4.78, 5) is 14.1. The standard InChI is InChI=1S/C13H12BrN3O4/c1-20-10-5-8(6-11(21-2)13(10)14)16-12-4-3-9(7-15-12)17(18)19/h3-7H,1-2H3,(H,15,16). The van der Waals surface area contributed by atoms with Crippen molar-refractivity contribution in [2.45, 2.75) is 0 Å². The molecule has 7 nitrogen and oxygen atoms in total. The molecular formula is C13H12BrN3O4. The first-order chi connectivity index (χ1) is 10.0. The largest absolute Gasteiger partial charge is 0.495 e. The van der Waals surface area contributed by atoms with Gasteiger partial charge in [-0.2, -0.15) is 0 Å². The molecule has 21 heavy (non-hydrogen) atoms. The molecule has 1 aromatic carbocycles. The molecule has 0 fully saturated rings. The first kappa shape index (κ1) is 15.0. The molecule has 0 spiro atoms. The molecule has 0 saturated heterocycles. The van der Waals surface area contributed by atoms with Crippen LogP contribution in [-0.4, -0.2) is 24.1 Å². The van der Waals surface area contributed by atoms with Gasteiger partial charge in [0.25, 0.3) is 5.69 Å². The first-order valence-electron chi connectivity index (χ1n) is 5.84. The van der Waals surface area contributed by atoms with E-state index in [0.29, 0.717) is 27.5 Å². The Morgan fingerprint density at radius 1 is 1.24 bits per heavy atom. The SMILES string of the molecule is COc1cc(Nc2ccc([N+](=O)[O-])cn2)cc(OC)c1Br. The second-order valence-corrected chi connectivity index (χ2v) is 4.77. The van der Waals surface area contributed by atoms with Gasteiger partial charge in [0.2, 0.25) is 0 Å². The van der Waals surface area contributed by atoms with Gasteiger partial charge >= 0.3 is 0 Å². The number of nitrogens with one attached hydrogen (secondary N) is 1. The average molecular weight is 354 g/mol. The molecule has 0 saturated carbocycles. The van der Waals surface area contributed by atoms with E-state index >= 15 is 0 Å². The zero-order valence-corrected chi connectivity index (χ0v) is 12.9. The number of pyridine rings is 1. The molecule has 0 atom stereocenters. The predicted octanol–water partition coefficient (Wildman–Crippen LogP) is 3.51. The van der Waals surface area contributed by atoms with Gasteiger partial charge in [-0.1, -0.05) is 0 Å². The van der Waals surface area contributed by atoms with E-state index in [-0.39, 0.29) is 5.69 Å². The molecule has 0 aliphatic heterocycles. The van der Waals surface area contributed by atoms with Gasteiger partial charge in [-0.3, -0.25) is 10.1 Å². The van der Waals surface area contributed by atoms with E-state index in [1.807, 2.05) is 0 Å². The number of methoxy groups -OCH3 is 2. The highest BCUT2D eigenvalue weighted by atomic mass is 79.9. The lowest BCUT2D eigenvalue weighted by molar-refractivity contribution is -0.385. The van der Waals surface area contributed by atoms with Crippen LogP contribution in [0.3, 0.4) is 0 Å². The van der Waals surface area contributed by atoms with Crippen molar-refractivity contribution in [3.8, 4) is 11.5 Å². The van der Waals surface area contributed by atoms with Crippen molar-refractivity contribution in [2.24, 2.45) is 0 Å². The third kappa shape index (κ3) is 3.40. The zero-order valence-electron chi connectivity index (χ0n) is 11.3. The molecule has 0 aliphatic carbocycles. The van der Waals surface area contributed by atoms with Crippen LogP contribution >= 0.6 is 15.9 Å². The highest BCUT2D eigenvalue weighted by molar-refractivity contribution is 9.10. The maximum Gasteiger partial charge on any atom is 0.287 e. The Morgan fingerprint density at radius 2 is 1.86 bits per heavy atom. The van der Waals surface area contributed by atoms with Crippen LogP contribution in [0.15, 0.2) is 34.9 Å². The molecule has 0 aliphatic rings. The van der Waals surface area contributed by atoms with E-state index in [0.717, 1.165) is 0 Å². The number of anilines is 2. The minimum atomic E-state index is -0.498. The van der Waals surface area contributed by atoms with Crippen LogP contribution in [0.5, 0.6) is 11.5 Å². The smallest absolute Gasteiger partial charge is 0.287 e. The zero-order chi connectivity index (χ0) is 15.4. The molecule has 8 heteroatoms. The van der Waals surface area contributed by atoms with Crippen LogP contribution in [0.4, 0.5) is 17.2 Å². The van der Waals surface area contributed by atoms with Gasteiger partial charge < -0.3 is 14.8 Å². The van der Waals surface area contributed by atoms with Gasteiger partial charge in [-0.05, 0) is 22.0 Å². The lowest BCUT2D eigenvalue weighted by atomic mass is 10.2. The number of benzene rings is 1. The van der Waals surface area contributed by atoms with Gasteiger partial charge in [0.1, 0.15) is 28.0 Å². The predicted molar refractivity (Wildman–Crippen MR) is 81.4 cm³/mol. The monoisotopic (exact) mass is 353 g/mol. The van der Waals surface area contributed by atoms with E-state index in [2.05, 4.69) is 26.2 Å². The molecule has 0 radical (unpaired) electrons. The highest BCUT2D eigenvalue weighted by Gasteiger charge is 2.11.